The van der Waals surface area contributed by atoms with Crippen molar-refractivity contribution in [3.8, 4) is 0 Å². The Bertz CT molecular complexity index is 449. The van der Waals surface area contributed by atoms with Gasteiger partial charge in [0.1, 0.15) is 5.69 Å². The molecule has 0 bridgehead atoms. The van der Waals surface area contributed by atoms with Crippen LogP contribution in [0.15, 0.2) is 6.20 Å². The number of Topliss-reactive ketones (excluding diaryl/α,β-unsaturated/α-hetero) is 1. The number of nitrogens with zero attached hydrogens (tertiary/aromatic N) is 2. The van der Waals surface area contributed by atoms with Gasteiger partial charge in [0.25, 0.3) is 0 Å². The van der Waals surface area contributed by atoms with E-state index in [1.54, 1.807) is 18.9 Å². The van der Waals surface area contributed by atoms with Crippen LogP contribution in [-0.4, -0.2) is 42.0 Å². The van der Waals surface area contributed by atoms with Crippen molar-refractivity contribution >= 4 is 17.4 Å². The molecule has 0 atom stereocenters. The van der Waals surface area contributed by atoms with Crippen LogP contribution in [0.25, 0.3) is 0 Å². The zero-order valence-electron chi connectivity index (χ0n) is 11.3. The van der Waals surface area contributed by atoms with Gasteiger partial charge in [0, 0.05) is 20.6 Å². The molecular formula is C13H19ClN2O3. The van der Waals surface area contributed by atoms with E-state index in [-0.39, 0.29) is 11.4 Å². The molecule has 19 heavy (non-hydrogen) atoms. The molecule has 0 aliphatic heterocycles. The average Bonchev–Trinajstić information content (AvgIpc) is 2.72. The number of methoxy groups -OCH3 is 2. The Morgan fingerprint density at radius 3 is 2.79 bits per heavy atom. The predicted molar refractivity (Wildman–Crippen MR) is 71.7 cm³/mol. The lowest BCUT2D eigenvalue weighted by atomic mass is 9.76. The maximum Gasteiger partial charge on any atom is 0.185 e. The molecule has 1 saturated carbocycles. The summed E-state index contributed by atoms with van der Waals surface area (Å²) in [6.07, 6.45) is 4.84. The maximum atomic E-state index is 12.4. The Balaban J connectivity index is 2.11. The smallest absolute Gasteiger partial charge is 0.185 e. The number of aromatic nitrogens is 2. The van der Waals surface area contributed by atoms with Crippen molar-refractivity contribution in [3.05, 3.63) is 16.9 Å². The molecule has 0 aromatic carbocycles. The molecule has 0 spiro atoms. The highest BCUT2D eigenvalue weighted by Crippen LogP contribution is 2.39. The third-order valence-corrected chi connectivity index (χ3v) is 4.02. The first kappa shape index (κ1) is 14.5. The zero-order chi connectivity index (χ0) is 13.9. The van der Waals surface area contributed by atoms with Crippen LogP contribution in [0.3, 0.4) is 0 Å². The molecule has 0 unspecified atom stereocenters. The van der Waals surface area contributed by atoms with Crippen LogP contribution in [0.2, 0.25) is 5.02 Å². The lowest BCUT2D eigenvalue weighted by molar-refractivity contribution is -0.0706. The van der Waals surface area contributed by atoms with Crippen LogP contribution >= 0.6 is 11.6 Å². The summed E-state index contributed by atoms with van der Waals surface area (Å²) in [7, 11) is 3.27. The van der Waals surface area contributed by atoms with Crippen LogP contribution in [0.5, 0.6) is 0 Å². The molecule has 1 aromatic heterocycles. The molecule has 1 aliphatic rings. The molecular weight excluding hydrogens is 268 g/mol. The minimum atomic E-state index is -0.295. The summed E-state index contributed by atoms with van der Waals surface area (Å²) >= 11 is 6.07. The molecule has 0 N–H and O–H groups in total. The van der Waals surface area contributed by atoms with Gasteiger partial charge in [-0.15, -0.1) is 0 Å². The summed E-state index contributed by atoms with van der Waals surface area (Å²) in [5.74, 6) is -0.0137. The van der Waals surface area contributed by atoms with Crippen LogP contribution in [0.4, 0.5) is 0 Å². The van der Waals surface area contributed by atoms with Gasteiger partial charge in [0.2, 0.25) is 0 Å². The van der Waals surface area contributed by atoms with E-state index in [1.165, 1.54) is 6.20 Å². The van der Waals surface area contributed by atoms with Crippen molar-refractivity contribution in [2.24, 2.45) is 0 Å². The Labute approximate surface area is 117 Å². The number of ether oxygens (including phenoxy) is 2. The highest BCUT2D eigenvalue weighted by Gasteiger charge is 2.40. The summed E-state index contributed by atoms with van der Waals surface area (Å²) in [6, 6.07) is 0. The maximum absolute atomic E-state index is 12.4. The third kappa shape index (κ3) is 2.99. The molecule has 1 aromatic rings. The van der Waals surface area contributed by atoms with Gasteiger partial charge in [0.05, 0.1) is 30.0 Å². The van der Waals surface area contributed by atoms with Gasteiger partial charge in [-0.25, -0.2) is 0 Å². The first-order valence-electron chi connectivity index (χ1n) is 6.40. The summed E-state index contributed by atoms with van der Waals surface area (Å²) in [5.41, 5.74) is 0.165. The largest absolute Gasteiger partial charge is 0.383 e. The molecule has 1 aliphatic carbocycles. The summed E-state index contributed by atoms with van der Waals surface area (Å²) in [5, 5.41) is 4.51. The number of ketones is 1. The topological polar surface area (TPSA) is 53.4 Å². The van der Waals surface area contributed by atoms with Crippen LogP contribution in [-0.2, 0) is 16.0 Å². The van der Waals surface area contributed by atoms with Crippen molar-refractivity contribution in [1.82, 2.24) is 9.78 Å². The monoisotopic (exact) mass is 286 g/mol. The first-order chi connectivity index (χ1) is 9.12. The van der Waals surface area contributed by atoms with E-state index in [9.17, 15) is 4.79 Å². The van der Waals surface area contributed by atoms with Gasteiger partial charge >= 0.3 is 0 Å². The van der Waals surface area contributed by atoms with Crippen molar-refractivity contribution in [2.45, 2.75) is 37.8 Å². The number of halogens is 1. The minimum absolute atomic E-state index is 0.0137. The average molecular weight is 287 g/mol. The first-order valence-corrected chi connectivity index (χ1v) is 6.78. The Hall–Kier alpha value is -0.910. The fraction of sp³-hybridized carbons (Fsp3) is 0.692. The number of hydrogen-bond acceptors (Lipinski definition) is 4. The van der Waals surface area contributed by atoms with E-state index in [4.69, 9.17) is 21.1 Å². The SMILES string of the molecule is COCCn1ncc(Cl)c1C(=O)CC1(OC)CCC1. The van der Waals surface area contributed by atoms with Gasteiger partial charge in [0.15, 0.2) is 5.78 Å². The molecule has 0 saturated heterocycles. The molecule has 106 valence electrons. The summed E-state index contributed by atoms with van der Waals surface area (Å²) < 4.78 is 12.1. The molecule has 0 amide bonds. The van der Waals surface area contributed by atoms with Gasteiger partial charge in [-0.2, -0.15) is 5.10 Å². The summed E-state index contributed by atoms with van der Waals surface area (Å²) in [6.45, 7) is 1.01. The minimum Gasteiger partial charge on any atom is -0.383 e. The summed E-state index contributed by atoms with van der Waals surface area (Å²) in [4.78, 5) is 12.4. The van der Waals surface area contributed by atoms with Gasteiger partial charge in [-0.05, 0) is 19.3 Å². The lowest BCUT2D eigenvalue weighted by Gasteiger charge is -2.40. The van der Waals surface area contributed by atoms with Gasteiger partial charge in [-0.3, -0.25) is 9.48 Å². The number of hydrogen-bond donors (Lipinski definition) is 0. The van der Waals surface area contributed by atoms with E-state index in [1.807, 2.05) is 0 Å². The van der Waals surface area contributed by atoms with Crippen molar-refractivity contribution in [3.63, 3.8) is 0 Å². The van der Waals surface area contributed by atoms with Crippen LogP contribution < -0.4 is 0 Å². The van der Waals surface area contributed by atoms with E-state index in [0.29, 0.717) is 30.3 Å². The van der Waals surface area contributed by atoms with Crippen molar-refractivity contribution in [1.29, 1.82) is 0 Å². The second-order valence-corrected chi connectivity index (χ2v) is 5.30. The van der Waals surface area contributed by atoms with Crippen LogP contribution in [0, 0.1) is 0 Å². The lowest BCUT2D eigenvalue weighted by Crippen LogP contribution is -2.41. The molecule has 6 heteroatoms. The number of rotatable bonds is 7. The molecule has 2 rings (SSSR count). The fourth-order valence-corrected chi connectivity index (χ4v) is 2.63. The fourth-order valence-electron chi connectivity index (χ4n) is 2.39. The van der Waals surface area contributed by atoms with Crippen LogP contribution in [0.1, 0.15) is 36.2 Å². The van der Waals surface area contributed by atoms with Gasteiger partial charge in [-0.1, -0.05) is 11.6 Å². The normalized spacial score (nSPS) is 17.2. The second-order valence-electron chi connectivity index (χ2n) is 4.90. The zero-order valence-corrected chi connectivity index (χ0v) is 12.1. The number of carbonyl (C=O) groups is 1. The predicted octanol–water partition coefficient (Wildman–Crippen LogP) is 2.32. The van der Waals surface area contributed by atoms with Crippen molar-refractivity contribution in [2.75, 3.05) is 20.8 Å². The molecule has 5 nitrogen and oxygen atoms in total. The Kier molecular flexibility index (Phi) is 4.60. The van der Waals surface area contributed by atoms with E-state index in [0.717, 1.165) is 19.3 Å². The van der Waals surface area contributed by atoms with E-state index < -0.39 is 0 Å². The molecule has 1 fully saturated rings. The number of carbonyl (C=O) groups excluding carboxylic acids is 1. The Morgan fingerprint density at radius 2 is 2.26 bits per heavy atom. The highest BCUT2D eigenvalue weighted by atomic mass is 35.5. The highest BCUT2D eigenvalue weighted by molar-refractivity contribution is 6.33. The van der Waals surface area contributed by atoms with Crippen molar-refractivity contribution < 1.29 is 14.3 Å². The van der Waals surface area contributed by atoms with E-state index in [2.05, 4.69) is 5.10 Å². The Morgan fingerprint density at radius 1 is 1.53 bits per heavy atom. The molecule has 1 heterocycles. The van der Waals surface area contributed by atoms with Gasteiger partial charge < -0.3 is 9.47 Å². The second kappa shape index (κ2) is 6.03. The standard InChI is InChI=1S/C13H19ClN2O3/c1-18-7-6-16-12(10(14)9-15-16)11(17)8-13(19-2)4-3-5-13/h9H,3-8H2,1-2H3. The third-order valence-electron chi connectivity index (χ3n) is 3.75. The van der Waals surface area contributed by atoms with E-state index >= 15 is 0 Å². The quantitative estimate of drug-likeness (QED) is 0.722. The molecule has 0 radical (unpaired) electrons.